The summed E-state index contributed by atoms with van der Waals surface area (Å²) >= 11 is 0. The Bertz CT molecular complexity index is 925. The van der Waals surface area contributed by atoms with Gasteiger partial charge < -0.3 is 19.1 Å². The Hall–Kier alpha value is -2.95. The van der Waals surface area contributed by atoms with Gasteiger partial charge in [-0.05, 0) is 49.2 Å². The first-order valence-corrected chi connectivity index (χ1v) is 8.67. The predicted octanol–water partition coefficient (Wildman–Crippen LogP) is 4.08. The van der Waals surface area contributed by atoms with Gasteiger partial charge in [0.2, 0.25) is 0 Å². The SMILES string of the molecule is CCc1ccc(OCCn2c(C)c(C(=O)OC)c3cc(O)ccc32)cc1. The molecule has 1 heterocycles. The molecule has 0 saturated heterocycles. The van der Waals surface area contributed by atoms with Crippen LogP contribution in [0.1, 0.15) is 28.5 Å². The number of esters is 1. The van der Waals surface area contributed by atoms with Crippen molar-refractivity contribution >= 4 is 16.9 Å². The third kappa shape index (κ3) is 3.38. The van der Waals surface area contributed by atoms with Gasteiger partial charge in [-0.25, -0.2) is 4.79 Å². The van der Waals surface area contributed by atoms with Crippen LogP contribution >= 0.6 is 0 Å². The molecule has 26 heavy (non-hydrogen) atoms. The van der Waals surface area contributed by atoms with E-state index in [1.54, 1.807) is 18.2 Å². The Kier molecular flexibility index (Phi) is 5.16. The normalized spacial score (nSPS) is 10.9. The average Bonchev–Trinajstić information content (AvgIpc) is 2.92. The number of nitrogens with zero attached hydrogens (tertiary/aromatic N) is 1. The van der Waals surface area contributed by atoms with E-state index >= 15 is 0 Å². The third-order valence-corrected chi connectivity index (χ3v) is 4.61. The Morgan fingerprint density at radius 1 is 1.15 bits per heavy atom. The van der Waals surface area contributed by atoms with Crippen LogP contribution in [0.5, 0.6) is 11.5 Å². The maximum Gasteiger partial charge on any atom is 0.340 e. The fourth-order valence-corrected chi connectivity index (χ4v) is 3.19. The minimum Gasteiger partial charge on any atom is -0.508 e. The summed E-state index contributed by atoms with van der Waals surface area (Å²) in [6.07, 6.45) is 0.998. The first kappa shape index (κ1) is 17.9. The van der Waals surface area contributed by atoms with Crippen molar-refractivity contribution in [1.29, 1.82) is 0 Å². The highest BCUT2D eigenvalue weighted by Gasteiger charge is 2.20. The summed E-state index contributed by atoms with van der Waals surface area (Å²) in [7, 11) is 1.36. The van der Waals surface area contributed by atoms with Gasteiger partial charge in [-0.2, -0.15) is 0 Å². The van der Waals surface area contributed by atoms with E-state index in [2.05, 4.69) is 19.1 Å². The molecule has 0 bridgehead atoms. The average molecular weight is 353 g/mol. The molecule has 5 heteroatoms. The van der Waals surface area contributed by atoms with E-state index in [1.807, 2.05) is 23.6 Å². The number of carbonyl (C=O) groups is 1. The Balaban J connectivity index is 1.85. The summed E-state index contributed by atoms with van der Waals surface area (Å²) in [5.41, 5.74) is 3.41. The predicted molar refractivity (Wildman–Crippen MR) is 101 cm³/mol. The van der Waals surface area contributed by atoms with Gasteiger partial charge in [0, 0.05) is 16.6 Å². The van der Waals surface area contributed by atoms with Crippen LogP contribution < -0.4 is 4.74 Å². The number of benzene rings is 2. The number of hydrogen-bond donors (Lipinski definition) is 1. The second-order valence-corrected chi connectivity index (χ2v) is 6.15. The molecule has 0 atom stereocenters. The Morgan fingerprint density at radius 2 is 1.88 bits per heavy atom. The summed E-state index contributed by atoms with van der Waals surface area (Å²) in [4.78, 5) is 12.2. The van der Waals surface area contributed by atoms with Crippen LogP contribution in [0.3, 0.4) is 0 Å². The molecule has 1 N–H and O–H groups in total. The number of aromatic hydroxyl groups is 1. The van der Waals surface area contributed by atoms with E-state index in [9.17, 15) is 9.90 Å². The number of methoxy groups -OCH3 is 1. The number of phenolic OH excluding ortho intramolecular Hbond substituents is 1. The summed E-state index contributed by atoms with van der Waals surface area (Å²) in [6.45, 7) is 5.04. The Labute approximate surface area is 152 Å². The van der Waals surface area contributed by atoms with Crippen molar-refractivity contribution in [2.75, 3.05) is 13.7 Å². The van der Waals surface area contributed by atoms with Crippen molar-refractivity contribution in [1.82, 2.24) is 4.57 Å². The van der Waals surface area contributed by atoms with Gasteiger partial charge in [0.25, 0.3) is 0 Å². The van der Waals surface area contributed by atoms with Crippen molar-refractivity contribution in [2.45, 2.75) is 26.8 Å². The third-order valence-electron chi connectivity index (χ3n) is 4.61. The smallest absolute Gasteiger partial charge is 0.340 e. The summed E-state index contributed by atoms with van der Waals surface area (Å²) in [5, 5.41) is 10.5. The highest BCUT2D eigenvalue weighted by atomic mass is 16.5. The number of phenols is 1. The lowest BCUT2D eigenvalue weighted by Gasteiger charge is -2.11. The molecule has 0 amide bonds. The zero-order chi connectivity index (χ0) is 18.7. The van der Waals surface area contributed by atoms with E-state index in [1.165, 1.54) is 12.7 Å². The minimum absolute atomic E-state index is 0.118. The van der Waals surface area contributed by atoms with Crippen LogP contribution in [0.2, 0.25) is 0 Å². The number of hydrogen-bond acceptors (Lipinski definition) is 4. The first-order chi connectivity index (χ1) is 12.5. The monoisotopic (exact) mass is 353 g/mol. The number of aromatic nitrogens is 1. The fourth-order valence-electron chi connectivity index (χ4n) is 3.19. The Morgan fingerprint density at radius 3 is 2.54 bits per heavy atom. The van der Waals surface area contributed by atoms with Gasteiger partial charge in [-0.1, -0.05) is 19.1 Å². The molecule has 0 aliphatic carbocycles. The lowest BCUT2D eigenvalue weighted by Crippen LogP contribution is -2.11. The van der Waals surface area contributed by atoms with E-state index < -0.39 is 5.97 Å². The number of rotatable bonds is 6. The molecule has 2 aromatic carbocycles. The highest BCUT2D eigenvalue weighted by molar-refractivity contribution is 6.06. The number of carbonyl (C=O) groups excluding carboxylic acids is 1. The quantitative estimate of drug-likeness (QED) is 0.678. The molecule has 0 spiro atoms. The van der Waals surface area contributed by atoms with Crippen LogP contribution in [0.25, 0.3) is 10.9 Å². The topological polar surface area (TPSA) is 60.7 Å². The molecule has 3 aromatic rings. The standard InChI is InChI=1S/C21H23NO4/c1-4-15-5-8-17(9-6-15)26-12-11-22-14(2)20(21(24)25-3)18-13-16(23)7-10-19(18)22/h5-10,13,23H,4,11-12H2,1-3H3. The zero-order valence-electron chi connectivity index (χ0n) is 15.3. The molecule has 5 nitrogen and oxygen atoms in total. The molecule has 3 rings (SSSR count). The van der Waals surface area contributed by atoms with E-state index in [-0.39, 0.29) is 5.75 Å². The van der Waals surface area contributed by atoms with Crippen molar-refractivity contribution in [3.8, 4) is 11.5 Å². The molecule has 136 valence electrons. The van der Waals surface area contributed by atoms with E-state index in [0.29, 0.717) is 24.1 Å². The van der Waals surface area contributed by atoms with Crippen LogP contribution in [0.15, 0.2) is 42.5 Å². The van der Waals surface area contributed by atoms with E-state index in [4.69, 9.17) is 9.47 Å². The van der Waals surface area contributed by atoms with Crippen LogP contribution in [0, 0.1) is 6.92 Å². The molecular formula is C21H23NO4. The lowest BCUT2D eigenvalue weighted by atomic mass is 10.1. The molecule has 0 unspecified atom stereocenters. The van der Waals surface area contributed by atoms with Gasteiger partial charge in [0.1, 0.15) is 18.1 Å². The minimum atomic E-state index is -0.409. The van der Waals surface area contributed by atoms with Gasteiger partial charge in [0.15, 0.2) is 0 Å². The fraction of sp³-hybridized carbons (Fsp3) is 0.286. The van der Waals surface area contributed by atoms with Crippen molar-refractivity contribution < 1.29 is 19.4 Å². The zero-order valence-corrected chi connectivity index (χ0v) is 15.3. The van der Waals surface area contributed by atoms with Crippen molar-refractivity contribution in [3.05, 3.63) is 59.3 Å². The van der Waals surface area contributed by atoms with E-state index in [0.717, 1.165) is 23.4 Å². The largest absolute Gasteiger partial charge is 0.508 e. The molecule has 0 aliphatic rings. The highest BCUT2D eigenvalue weighted by Crippen LogP contribution is 2.29. The molecule has 0 radical (unpaired) electrons. The molecule has 0 fully saturated rings. The first-order valence-electron chi connectivity index (χ1n) is 8.67. The second kappa shape index (κ2) is 7.52. The van der Waals surface area contributed by atoms with Crippen molar-refractivity contribution in [2.24, 2.45) is 0 Å². The van der Waals surface area contributed by atoms with Crippen LogP contribution in [-0.4, -0.2) is 29.4 Å². The van der Waals surface area contributed by atoms with Gasteiger partial charge in [0.05, 0.1) is 19.2 Å². The summed E-state index contributed by atoms with van der Waals surface area (Å²) < 4.78 is 12.8. The lowest BCUT2D eigenvalue weighted by molar-refractivity contribution is 0.0601. The maximum absolute atomic E-state index is 12.2. The summed E-state index contributed by atoms with van der Waals surface area (Å²) in [5.74, 6) is 0.530. The molecule has 0 saturated carbocycles. The molecule has 0 aliphatic heterocycles. The maximum atomic E-state index is 12.2. The van der Waals surface area contributed by atoms with Gasteiger partial charge >= 0.3 is 5.97 Å². The number of ether oxygens (including phenoxy) is 2. The van der Waals surface area contributed by atoms with Gasteiger partial charge in [-0.15, -0.1) is 0 Å². The number of fused-ring (bicyclic) bond motifs is 1. The second-order valence-electron chi connectivity index (χ2n) is 6.15. The number of aryl methyl sites for hydroxylation is 1. The van der Waals surface area contributed by atoms with Crippen LogP contribution in [-0.2, 0) is 17.7 Å². The van der Waals surface area contributed by atoms with Crippen LogP contribution in [0.4, 0.5) is 0 Å². The van der Waals surface area contributed by atoms with Gasteiger partial charge in [-0.3, -0.25) is 0 Å². The summed E-state index contributed by atoms with van der Waals surface area (Å²) in [6, 6.07) is 13.1. The van der Waals surface area contributed by atoms with Crippen molar-refractivity contribution in [3.63, 3.8) is 0 Å². The molecular weight excluding hydrogens is 330 g/mol. The molecule has 1 aromatic heterocycles.